The van der Waals surface area contributed by atoms with Gasteiger partial charge in [0.05, 0.1) is 5.52 Å². The quantitative estimate of drug-likeness (QED) is 0.375. The summed E-state index contributed by atoms with van der Waals surface area (Å²) in [5, 5.41) is 4.13. The number of nitrogens with one attached hydrogen (secondary N) is 2. The van der Waals surface area contributed by atoms with Crippen LogP contribution >= 0.6 is 11.6 Å². The molecule has 1 aliphatic heterocycles. The summed E-state index contributed by atoms with van der Waals surface area (Å²) < 4.78 is 28.6. The van der Waals surface area contributed by atoms with Gasteiger partial charge >= 0.3 is 6.03 Å². The fraction of sp³-hybridized carbons (Fsp3) is 0.148. The van der Waals surface area contributed by atoms with Crippen molar-refractivity contribution in [1.29, 1.82) is 0 Å². The molecule has 9 nitrogen and oxygen atoms in total. The third-order valence-electron chi connectivity index (χ3n) is 6.22. The van der Waals surface area contributed by atoms with Crippen LogP contribution in [-0.4, -0.2) is 61.3 Å². The predicted molar refractivity (Wildman–Crippen MR) is 147 cm³/mol. The average Bonchev–Trinajstić information content (AvgIpc) is 2.94. The van der Waals surface area contributed by atoms with E-state index < -0.39 is 10.0 Å². The molecule has 1 saturated heterocycles. The van der Waals surface area contributed by atoms with Crippen LogP contribution in [0.25, 0.3) is 10.9 Å². The summed E-state index contributed by atoms with van der Waals surface area (Å²) in [5.41, 5.74) is 1.79. The number of sulfonamides is 1. The number of benzene rings is 3. The van der Waals surface area contributed by atoms with Crippen molar-refractivity contribution in [3.8, 4) is 0 Å². The van der Waals surface area contributed by atoms with E-state index in [1.165, 1.54) is 6.07 Å². The van der Waals surface area contributed by atoms with Crippen molar-refractivity contribution in [1.82, 2.24) is 14.8 Å². The van der Waals surface area contributed by atoms with E-state index >= 15 is 0 Å². The molecule has 38 heavy (non-hydrogen) atoms. The smallest absolute Gasteiger partial charge is 0.321 e. The third kappa shape index (κ3) is 5.56. The molecule has 3 aromatic carbocycles. The van der Waals surface area contributed by atoms with Crippen LogP contribution in [0.5, 0.6) is 0 Å². The molecule has 0 radical (unpaired) electrons. The lowest BCUT2D eigenvalue weighted by molar-refractivity contribution is 0.0671. The van der Waals surface area contributed by atoms with Gasteiger partial charge in [-0.1, -0.05) is 29.8 Å². The van der Waals surface area contributed by atoms with Crippen LogP contribution in [0.2, 0.25) is 5.02 Å². The molecule has 11 heteroatoms. The first-order valence-corrected chi connectivity index (χ1v) is 13.7. The van der Waals surface area contributed by atoms with Crippen molar-refractivity contribution in [2.24, 2.45) is 0 Å². The van der Waals surface area contributed by atoms with Crippen molar-refractivity contribution in [2.45, 2.75) is 4.90 Å². The molecule has 4 aromatic rings. The molecule has 0 bridgehead atoms. The summed E-state index contributed by atoms with van der Waals surface area (Å²) in [7, 11) is -3.89. The van der Waals surface area contributed by atoms with Gasteiger partial charge in [0, 0.05) is 59.7 Å². The molecule has 0 spiro atoms. The van der Waals surface area contributed by atoms with E-state index in [4.69, 9.17) is 11.6 Å². The number of para-hydroxylation sites is 1. The second-order valence-corrected chi connectivity index (χ2v) is 10.8. The Bertz CT molecular complexity index is 1580. The molecule has 2 N–H and O–H groups in total. The highest BCUT2D eigenvalue weighted by Crippen LogP contribution is 2.24. The van der Waals surface area contributed by atoms with E-state index in [0.717, 1.165) is 5.39 Å². The molecule has 1 aliphatic rings. The van der Waals surface area contributed by atoms with Crippen LogP contribution in [0.4, 0.5) is 16.2 Å². The van der Waals surface area contributed by atoms with Gasteiger partial charge in [-0.3, -0.25) is 14.5 Å². The van der Waals surface area contributed by atoms with Crippen molar-refractivity contribution in [3.05, 3.63) is 95.6 Å². The lowest BCUT2D eigenvalue weighted by Gasteiger charge is -2.34. The second-order valence-electron chi connectivity index (χ2n) is 8.73. The zero-order valence-corrected chi connectivity index (χ0v) is 21.7. The maximum atomic E-state index is 13.0. The van der Waals surface area contributed by atoms with Gasteiger partial charge in [-0.25, -0.2) is 13.2 Å². The number of hydrogen-bond acceptors (Lipinski definition) is 5. The Labute approximate surface area is 225 Å². The zero-order valence-electron chi connectivity index (χ0n) is 20.2. The first-order valence-electron chi connectivity index (χ1n) is 11.9. The lowest BCUT2D eigenvalue weighted by Crippen LogP contribution is -2.51. The molecule has 2 heterocycles. The molecule has 0 saturated carbocycles. The Morgan fingerprint density at radius 1 is 0.789 bits per heavy atom. The monoisotopic (exact) mass is 549 g/mol. The zero-order chi connectivity index (χ0) is 26.7. The number of pyridine rings is 1. The Kier molecular flexibility index (Phi) is 7.17. The number of piperazine rings is 1. The summed E-state index contributed by atoms with van der Waals surface area (Å²) in [5.74, 6) is -0.185. The van der Waals surface area contributed by atoms with Gasteiger partial charge in [0.15, 0.2) is 0 Å². The normalized spacial score (nSPS) is 13.8. The number of carbonyl (C=O) groups is 2. The fourth-order valence-corrected chi connectivity index (χ4v) is 5.58. The number of fused-ring (bicyclic) bond motifs is 1. The Balaban J connectivity index is 1.19. The van der Waals surface area contributed by atoms with Gasteiger partial charge in [-0.15, -0.1) is 0 Å². The summed E-state index contributed by atoms with van der Waals surface area (Å²) in [6.07, 6.45) is 1.55. The highest BCUT2D eigenvalue weighted by atomic mass is 35.5. The van der Waals surface area contributed by atoms with Crippen LogP contribution in [0.1, 0.15) is 10.4 Å². The standard InChI is InChI=1S/C27H24ClN5O4S/c28-21-8-12-22(13-9-21)30-27(35)33-17-15-32(16-18-33)26(34)20-6-10-23(11-7-20)31-38(36,37)24-5-1-3-19-4-2-14-29-25(19)24/h1-14,31H,15-18H2,(H,30,35). The second kappa shape index (κ2) is 10.7. The fourth-order valence-electron chi connectivity index (χ4n) is 4.22. The summed E-state index contributed by atoms with van der Waals surface area (Å²) in [6, 6.07) is 21.4. The van der Waals surface area contributed by atoms with E-state index in [-0.39, 0.29) is 16.8 Å². The molecular formula is C27H24ClN5O4S. The van der Waals surface area contributed by atoms with Gasteiger partial charge in [0.2, 0.25) is 0 Å². The number of aromatic nitrogens is 1. The van der Waals surface area contributed by atoms with Crippen LogP contribution in [-0.2, 0) is 10.0 Å². The minimum atomic E-state index is -3.89. The molecular weight excluding hydrogens is 526 g/mol. The molecule has 0 unspecified atom stereocenters. The highest BCUT2D eigenvalue weighted by Gasteiger charge is 2.25. The van der Waals surface area contributed by atoms with Crippen LogP contribution in [0.3, 0.4) is 0 Å². The largest absolute Gasteiger partial charge is 0.335 e. The number of amides is 3. The Hall–Kier alpha value is -4.15. The third-order valence-corrected chi connectivity index (χ3v) is 7.88. The number of urea groups is 1. The number of halogens is 1. The number of nitrogens with zero attached hydrogens (tertiary/aromatic N) is 3. The number of carbonyl (C=O) groups excluding carboxylic acids is 2. The SMILES string of the molecule is O=C(Nc1ccc(Cl)cc1)N1CCN(C(=O)c2ccc(NS(=O)(=O)c3cccc4cccnc34)cc2)CC1. The summed E-state index contributed by atoms with van der Waals surface area (Å²) in [4.78, 5) is 33.2. The van der Waals surface area contributed by atoms with Gasteiger partial charge in [0.25, 0.3) is 15.9 Å². The molecule has 0 aliphatic carbocycles. The topological polar surface area (TPSA) is 112 Å². The van der Waals surface area contributed by atoms with Gasteiger partial charge in [-0.2, -0.15) is 0 Å². The Morgan fingerprint density at radius 3 is 2.13 bits per heavy atom. The van der Waals surface area contributed by atoms with Crippen molar-refractivity contribution >= 4 is 55.8 Å². The highest BCUT2D eigenvalue weighted by molar-refractivity contribution is 7.93. The average molecular weight is 550 g/mol. The van der Waals surface area contributed by atoms with Crippen molar-refractivity contribution in [2.75, 3.05) is 36.2 Å². The van der Waals surface area contributed by atoms with Crippen LogP contribution in [0, 0.1) is 0 Å². The van der Waals surface area contributed by atoms with Crippen molar-refractivity contribution < 1.29 is 18.0 Å². The number of hydrogen-bond donors (Lipinski definition) is 2. The summed E-state index contributed by atoms with van der Waals surface area (Å²) >= 11 is 5.88. The molecule has 0 atom stereocenters. The number of rotatable bonds is 5. The first-order chi connectivity index (χ1) is 18.3. The van der Waals surface area contributed by atoms with Crippen LogP contribution in [0.15, 0.2) is 90.0 Å². The molecule has 5 rings (SSSR count). The predicted octanol–water partition coefficient (Wildman–Crippen LogP) is 4.68. The van der Waals surface area contributed by atoms with Crippen LogP contribution < -0.4 is 10.0 Å². The van der Waals surface area contributed by atoms with Gasteiger partial charge in [0.1, 0.15) is 4.90 Å². The minimum Gasteiger partial charge on any atom is -0.335 e. The van der Waals surface area contributed by atoms with Crippen molar-refractivity contribution in [3.63, 3.8) is 0 Å². The van der Waals surface area contributed by atoms with E-state index in [1.54, 1.807) is 88.8 Å². The molecule has 1 aromatic heterocycles. The first kappa shape index (κ1) is 25.5. The minimum absolute atomic E-state index is 0.0775. The maximum absolute atomic E-state index is 13.0. The summed E-state index contributed by atoms with van der Waals surface area (Å²) in [6.45, 7) is 1.55. The van der Waals surface area contributed by atoms with E-state index in [1.807, 2.05) is 0 Å². The molecule has 194 valence electrons. The lowest BCUT2D eigenvalue weighted by atomic mass is 10.1. The molecule has 1 fully saturated rings. The number of anilines is 2. The van der Waals surface area contributed by atoms with E-state index in [0.29, 0.717) is 53.7 Å². The Morgan fingerprint density at radius 2 is 1.42 bits per heavy atom. The maximum Gasteiger partial charge on any atom is 0.321 e. The van der Waals surface area contributed by atoms with E-state index in [9.17, 15) is 18.0 Å². The van der Waals surface area contributed by atoms with Gasteiger partial charge < -0.3 is 15.1 Å². The van der Waals surface area contributed by atoms with Gasteiger partial charge in [-0.05, 0) is 60.7 Å². The van der Waals surface area contributed by atoms with E-state index in [2.05, 4.69) is 15.0 Å². The molecule has 3 amide bonds.